The van der Waals surface area contributed by atoms with Crippen molar-refractivity contribution in [3.63, 3.8) is 0 Å². The van der Waals surface area contributed by atoms with Crippen LogP contribution in [0.1, 0.15) is 56.9 Å². The summed E-state index contributed by atoms with van der Waals surface area (Å²) in [5.74, 6) is 0.738. The molecule has 7 nitrogen and oxygen atoms in total. The number of carbonyl (C=O) groups excluding carboxylic acids is 2. The lowest BCUT2D eigenvalue weighted by molar-refractivity contribution is -0.126. The highest BCUT2D eigenvalue weighted by Crippen LogP contribution is 2.36. The lowest BCUT2D eigenvalue weighted by atomic mass is 9.81. The van der Waals surface area contributed by atoms with Crippen molar-refractivity contribution < 1.29 is 19.1 Å². The summed E-state index contributed by atoms with van der Waals surface area (Å²) >= 11 is 0. The van der Waals surface area contributed by atoms with Crippen LogP contribution in [0.4, 0.5) is 4.79 Å². The standard InChI is InChI=1S/C27H39N3O4/c31-25(28-17-24-7-4-16-33-24)23-10-8-22(9-11-23)19-30-20-27(34-26(30)32)12-14-29(15-13-27)18-21-5-2-1-3-6-21/h1-3,5-6,22-24H,4,7-20H2,(H,28,31). The molecule has 34 heavy (non-hydrogen) atoms. The molecule has 1 spiro atoms. The van der Waals surface area contributed by atoms with Crippen molar-refractivity contribution >= 4 is 12.0 Å². The molecule has 0 radical (unpaired) electrons. The van der Waals surface area contributed by atoms with Gasteiger partial charge in [-0.3, -0.25) is 9.69 Å². The van der Waals surface area contributed by atoms with E-state index < -0.39 is 0 Å². The van der Waals surface area contributed by atoms with Crippen LogP contribution in [-0.2, 0) is 20.8 Å². The molecule has 3 heterocycles. The Bertz CT molecular complexity index is 826. The Labute approximate surface area is 203 Å². The largest absolute Gasteiger partial charge is 0.441 e. The molecule has 0 bridgehead atoms. The first-order valence-corrected chi connectivity index (χ1v) is 13.2. The van der Waals surface area contributed by atoms with Crippen molar-refractivity contribution in [2.75, 3.05) is 39.3 Å². The van der Waals surface area contributed by atoms with Crippen LogP contribution in [-0.4, -0.2) is 72.8 Å². The summed E-state index contributed by atoms with van der Waals surface area (Å²) in [6, 6.07) is 10.6. The van der Waals surface area contributed by atoms with Crippen LogP contribution in [0.5, 0.6) is 0 Å². The Balaban J connectivity index is 1.03. The summed E-state index contributed by atoms with van der Waals surface area (Å²) in [6.07, 6.45) is 7.81. The van der Waals surface area contributed by atoms with Gasteiger partial charge in [-0.25, -0.2) is 4.79 Å². The third-order valence-electron chi connectivity index (χ3n) is 8.28. The summed E-state index contributed by atoms with van der Waals surface area (Å²) in [5, 5.41) is 3.09. The van der Waals surface area contributed by atoms with Crippen LogP contribution in [0.2, 0.25) is 0 Å². The predicted molar refractivity (Wildman–Crippen MR) is 129 cm³/mol. The van der Waals surface area contributed by atoms with E-state index in [9.17, 15) is 9.59 Å². The molecule has 1 aromatic carbocycles. The van der Waals surface area contributed by atoms with E-state index >= 15 is 0 Å². The van der Waals surface area contributed by atoms with Gasteiger partial charge in [0.1, 0.15) is 5.60 Å². The van der Waals surface area contributed by atoms with E-state index in [0.29, 0.717) is 19.0 Å². The number of ether oxygens (including phenoxy) is 2. The first-order valence-electron chi connectivity index (χ1n) is 13.2. The number of amides is 2. The Morgan fingerprint density at radius 1 is 1.06 bits per heavy atom. The highest BCUT2D eigenvalue weighted by molar-refractivity contribution is 5.78. The topological polar surface area (TPSA) is 71.1 Å². The molecule has 0 aromatic heterocycles. The molecule has 1 aliphatic carbocycles. The summed E-state index contributed by atoms with van der Waals surface area (Å²) in [4.78, 5) is 29.6. The molecule has 1 saturated carbocycles. The van der Waals surface area contributed by atoms with Gasteiger partial charge in [-0.1, -0.05) is 30.3 Å². The fraction of sp³-hybridized carbons (Fsp3) is 0.704. The molecule has 1 N–H and O–H groups in total. The van der Waals surface area contributed by atoms with E-state index in [-0.39, 0.29) is 29.6 Å². The maximum absolute atomic E-state index is 12.7. The average Bonchev–Trinajstić information content (AvgIpc) is 3.48. The third-order valence-corrected chi connectivity index (χ3v) is 8.28. The highest BCUT2D eigenvalue weighted by Gasteiger charge is 2.47. The van der Waals surface area contributed by atoms with E-state index in [4.69, 9.17) is 9.47 Å². The van der Waals surface area contributed by atoms with E-state index in [1.807, 2.05) is 4.90 Å². The van der Waals surface area contributed by atoms with E-state index in [1.54, 1.807) is 0 Å². The van der Waals surface area contributed by atoms with Crippen molar-refractivity contribution in [3.8, 4) is 0 Å². The molecular formula is C27H39N3O4. The molecule has 186 valence electrons. The number of carbonyl (C=O) groups is 2. The van der Waals surface area contributed by atoms with Gasteiger partial charge < -0.3 is 19.7 Å². The monoisotopic (exact) mass is 469 g/mol. The van der Waals surface area contributed by atoms with Crippen molar-refractivity contribution in [1.29, 1.82) is 0 Å². The van der Waals surface area contributed by atoms with Gasteiger partial charge >= 0.3 is 6.09 Å². The number of rotatable bonds is 7. The molecule has 7 heteroatoms. The summed E-state index contributed by atoms with van der Waals surface area (Å²) < 4.78 is 11.6. The zero-order valence-corrected chi connectivity index (χ0v) is 20.3. The van der Waals surface area contributed by atoms with Gasteiger partial charge in [0.25, 0.3) is 0 Å². The molecule has 4 fully saturated rings. The average molecular weight is 470 g/mol. The Morgan fingerprint density at radius 2 is 1.82 bits per heavy atom. The number of piperidine rings is 1. The number of nitrogens with one attached hydrogen (secondary N) is 1. The number of likely N-dealkylation sites (tertiary alicyclic amines) is 1. The van der Waals surface area contributed by atoms with Gasteiger partial charge in [-0.05, 0) is 50.0 Å². The van der Waals surface area contributed by atoms with Gasteiger partial charge in [0.2, 0.25) is 5.91 Å². The van der Waals surface area contributed by atoms with Gasteiger partial charge in [0, 0.05) is 58.1 Å². The van der Waals surface area contributed by atoms with Gasteiger partial charge in [0.05, 0.1) is 12.6 Å². The minimum atomic E-state index is -0.316. The minimum Gasteiger partial charge on any atom is -0.441 e. The molecule has 2 amide bonds. The van der Waals surface area contributed by atoms with Crippen LogP contribution in [0.3, 0.4) is 0 Å². The van der Waals surface area contributed by atoms with Crippen LogP contribution in [0, 0.1) is 11.8 Å². The number of nitrogens with zero attached hydrogens (tertiary/aromatic N) is 2. The quantitative estimate of drug-likeness (QED) is 0.661. The second-order valence-corrected chi connectivity index (χ2v) is 10.8. The van der Waals surface area contributed by atoms with Crippen LogP contribution >= 0.6 is 0 Å². The Hall–Kier alpha value is -2.12. The van der Waals surface area contributed by atoms with Crippen molar-refractivity contribution in [3.05, 3.63) is 35.9 Å². The van der Waals surface area contributed by atoms with E-state index in [0.717, 1.165) is 84.2 Å². The van der Waals surface area contributed by atoms with Crippen LogP contribution < -0.4 is 5.32 Å². The van der Waals surface area contributed by atoms with Crippen molar-refractivity contribution in [1.82, 2.24) is 15.1 Å². The summed E-state index contributed by atoms with van der Waals surface area (Å²) in [7, 11) is 0. The van der Waals surface area contributed by atoms with Crippen molar-refractivity contribution in [2.24, 2.45) is 11.8 Å². The second kappa shape index (κ2) is 10.6. The zero-order valence-electron chi connectivity index (χ0n) is 20.3. The molecule has 3 saturated heterocycles. The third kappa shape index (κ3) is 5.74. The Morgan fingerprint density at radius 3 is 2.53 bits per heavy atom. The second-order valence-electron chi connectivity index (χ2n) is 10.8. The fourth-order valence-electron chi connectivity index (χ4n) is 6.14. The molecule has 3 aliphatic heterocycles. The molecule has 5 rings (SSSR count). The van der Waals surface area contributed by atoms with E-state index in [1.165, 1.54) is 5.56 Å². The molecule has 1 unspecified atom stereocenters. The highest BCUT2D eigenvalue weighted by atomic mass is 16.6. The maximum Gasteiger partial charge on any atom is 0.410 e. The predicted octanol–water partition coefficient (Wildman–Crippen LogP) is 3.58. The Kier molecular flexibility index (Phi) is 7.40. The smallest absolute Gasteiger partial charge is 0.410 e. The fourth-order valence-corrected chi connectivity index (χ4v) is 6.14. The summed E-state index contributed by atoms with van der Waals surface area (Å²) in [5.41, 5.74) is 1.02. The van der Waals surface area contributed by atoms with Crippen molar-refractivity contribution in [2.45, 2.75) is 69.6 Å². The van der Waals surface area contributed by atoms with Crippen LogP contribution in [0.15, 0.2) is 30.3 Å². The van der Waals surface area contributed by atoms with E-state index in [2.05, 4.69) is 40.5 Å². The van der Waals surface area contributed by atoms with Crippen LogP contribution in [0.25, 0.3) is 0 Å². The van der Waals surface area contributed by atoms with Gasteiger partial charge in [-0.2, -0.15) is 0 Å². The molecule has 1 atom stereocenters. The number of hydrogen-bond acceptors (Lipinski definition) is 5. The maximum atomic E-state index is 12.7. The molecule has 1 aromatic rings. The normalized spacial score (nSPS) is 29.4. The minimum absolute atomic E-state index is 0.100. The van der Waals surface area contributed by atoms with Gasteiger partial charge in [0.15, 0.2) is 0 Å². The first kappa shape index (κ1) is 23.6. The lowest BCUT2D eigenvalue weighted by Gasteiger charge is -2.37. The number of hydrogen-bond donors (Lipinski definition) is 1. The summed E-state index contributed by atoms with van der Waals surface area (Å²) in [6.45, 7) is 5.82. The molecule has 4 aliphatic rings. The zero-order chi connectivity index (χ0) is 23.4. The number of benzene rings is 1. The lowest BCUT2D eigenvalue weighted by Crippen LogP contribution is -2.46. The molecular weight excluding hydrogens is 430 g/mol. The first-order chi connectivity index (χ1) is 16.6. The SMILES string of the molecule is O=C(NCC1CCCO1)C1CCC(CN2CC3(CCN(Cc4ccccc4)CC3)OC2=O)CC1. The van der Waals surface area contributed by atoms with Gasteiger partial charge in [-0.15, -0.1) is 0 Å².